The van der Waals surface area contributed by atoms with E-state index in [0.29, 0.717) is 10.7 Å². The fourth-order valence-electron chi connectivity index (χ4n) is 2.44. The van der Waals surface area contributed by atoms with Crippen molar-refractivity contribution in [1.29, 1.82) is 0 Å². The van der Waals surface area contributed by atoms with Crippen LogP contribution in [-0.4, -0.2) is 20.9 Å². The van der Waals surface area contributed by atoms with Crippen molar-refractivity contribution in [2.24, 2.45) is 0 Å². The number of fused-ring (bicyclic) bond motifs is 1. The van der Waals surface area contributed by atoms with Gasteiger partial charge in [-0.3, -0.25) is 9.63 Å². The maximum Gasteiger partial charge on any atom is 0.295 e. The molecule has 26 heavy (non-hydrogen) atoms. The fourth-order valence-corrected chi connectivity index (χ4v) is 3.40. The highest BCUT2D eigenvalue weighted by Gasteiger charge is 2.18. The minimum Gasteiger partial charge on any atom is -0.269 e. The Morgan fingerprint density at radius 2 is 1.77 bits per heavy atom. The molecule has 7 heteroatoms. The molecule has 0 aliphatic carbocycles. The third kappa shape index (κ3) is 3.44. The topological polar surface area (TPSA) is 77.0 Å². The molecular weight excluding hydrogens is 348 g/mol. The van der Waals surface area contributed by atoms with E-state index in [1.54, 1.807) is 6.20 Å². The molecular formula is C19H14N4O2S. The molecule has 1 amide bonds. The maximum absolute atomic E-state index is 12.5. The molecule has 0 radical (unpaired) electrons. The summed E-state index contributed by atoms with van der Waals surface area (Å²) in [5.74, 6) is -0.455. The van der Waals surface area contributed by atoms with E-state index in [1.165, 1.54) is 17.5 Å². The number of aromatic nitrogens is 3. The molecule has 2 heterocycles. The standard InChI is InChI=1S/C19H14N4O2S/c24-18(23-25-12-13-6-2-1-3-7-13)16-17(21-11-10-20-16)19-22-14-8-4-5-9-15(14)26-19/h1-11H,12H2,(H,23,24). The van der Waals surface area contributed by atoms with Crippen LogP contribution in [0.15, 0.2) is 67.0 Å². The Morgan fingerprint density at radius 3 is 2.62 bits per heavy atom. The molecule has 0 fully saturated rings. The fraction of sp³-hybridized carbons (Fsp3) is 0.0526. The van der Waals surface area contributed by atoms with Gasteiger partial charge in [-0.15, -0.1) is 11.3 Å². The number of carbonyl (C=O) groups is 1. The lowest BCUT2D eigenvalue weighted by molar-refractivity contribution is 0.0229. The van der Waals surface area contributed by atoms with Gasteiger partial charge in [-0.05, 0) is 17.7 Å². The van der Waals surface area contributed by atoms with Gasteiger partial charge in [0.1, 0.15) is 10.7 Å². The van der Waals surface area contributed by atoms with E-state index in [2.05, 4.69) is 20.4 Å². The van der Waals surface area contributed by atoms with Crippen LogP contribution in [0.25, 0.3) is 20.9 Å². The van der Waals surface area contributed by atoms with E-state index in [0.717, 1.165) is 15.8 Å². The summed E-state index contributed by atoms with van der Waals surface area (Å²) in [6, 6.07) is 17.4. The minimum absolute atomic E-state index is 0.180. The average molecular weight is 362 g/mol. The first kappa shape index (κ1) is 16.3. The molecule has 2 aromatic carbocycles. The second-order valence-corrected chi connectivity index (χ2v) is 6.48. The summed E-state index contributed by atoms with van der Waals surface area (Å²) < 4.78 is 1.03. The summed E-state index contributed by atoms with van der Waals surface area (Å²) in [5, 5.41) is 0.646. The summed E-state index contributed by atoms with van der Waals surface area (Å²) in [4.78, 5) is 30.8. The molecule has 1 N–H and O–H groups in total. The van der Waals surface area contributed by atoms with Crippen molar-refractivity contribution in [3.63, 3.8) is 0 Å². The Labute approximate surface area is 153 Å². The normalized spacial score (nSPS) is 10.8. The number of nitrogens with zero attached hydrogens (tertiary/aromatic N) is 3. The van der Waals surface area contributed by atoms with Gasteiger partial charge in [0.15, 0.2) is 5.69 Å². The van der Waals surface area contributed by atoms with Crippen molar-refractivity contribution >= 4 is 27.5 Å². The zero-order valence-electron chi connectivity index (χ0n) is 13.6. The van der Waals surface area contributed by atoms with E-state index >= 15 is 0 Å². The summed E-state index contributed by atoms with van der Waals surface area (Å²) in [5.41, 5.74) is 4.87. The number of hydroxylamine groups is 1. The lowest BCUT2D eigenvalue weighted by Crippen LogP contribution is -2.25. The number of hydrogen-bond acceptors (Lipinski definition) is 6. The number of hydrogen-bond donors (Lipinski definition) is 1. The molecule has 0 aliphatic heterocycles. The quantitative estimate of drug-likeness (QED) is 0.549. The van der Waals surface area contributed by atoms with Gasteiger partial charge < -0.3 is 0 Å². The van der Waals surface area contributed by atoms with Gasteiger partial charge in [-0.25, -0.2) is 20.4 Å². The Kier molecular flexibility index (Phi) is 4.63. The predicted molar refractivity (Wildman–Crippen MR) is 99.3 cm³/mol. The highest BCUT2D eigenvalue weighted by Crippen LogP contribution is 2.29. The molecule has 0 unspecified atom stereocenters. The largest absolute Gasteiger partial charge is 0.295 e. The summed E-state index contributed by atoms with van der Waals surface area (Å²) >= 11 is 1.47. The predicted octanol–water partition coefficient (Wildman–Crippen LogP) is 3.61. The van der Waals surface area contributed by atoms with Crippen molar-refractivity contribution < 1.29 is 9.63 Å². The Bertz CT molecular complexity index is 1020. The molecule has 0 saturated heterocycles. The van der Waals surface area contributed by atoms with Crippen molar-refractivity contribution in [2.45, 2.75) is 6.61 Å². The molecule has 128 valence electrons. The SMILES string of the molecule is O=C(NOCc1ccccc1)c1nccnc1-c1nc2ccccc2s1. The molecule has 0 atom stereocenters. The minimum atomic E-state index is -0.455. The highest BCUT2D eigenvalue weighted by molar-refractivity contribution is 7.21. The Balaban J connectivity index is 1.54. The van der Waals surface area contributed by atoms with Crippen LogP contribution in [0.2, 0.25) is 0 Å². The van der Waals surface area contributed by atoms with E-state index in [4.69, 9.17) is 4.84 Å². The number of amides is 1. The zero-order chi connectivity index (χ0) is 17.8. The third-order valence-electron chi connectivity index (χ3n) is 3.66. The van der Waals surface area contributed by atoms with E-state index in [9.17, 15) is 4.79 Å². The van der Waals surface area contributed by atoms with Gasteiger partial charge in [0.05, 0.1) is 16.8 Å². The third-order valence-corrected chi connectivity index (χ3v) is 4.70. The first-order valence-corrected chi connectivity index (χ1v) is 8.76. The van der Waals surface area contributed by atoms with E-state index in [-0.39, 0.29) is 12.3 Å². The first-order valence-electron chi connectivity index (χ1n) is 7.94. The lowest BCUT2D eigenvalue weighted by Gasteiger charge is -2.07. The molecule has 6 nitrogen and oxygen atoms in total. The molecule has 2 aromatic heterocycles. The smallest absolute Gasteiger partial charge is 0.269 e. The van der Waals surface area contributed by atoms with Crippen LogP contribution in [0.3, 0.4) is 0 Å². The average Bonchev–Trinajstić information content (AvgIpc) is 3.13. The number of nitrogens with one attached hydrogen (secondary N) is 1. The van der Waals surface area contributed by atoms with Crippen LogP contribution in [-0.2, 0) is 11.4 Å². The maximum atomic E-state index is 12.5. The van der Waals surface area contributed by atoms with Crippen molar-refractivity contribution in [3.05, 3.63) is 78.2 Å². The summed E-state index contributed by atoms with van der Waals surface area (Å²) in [6.45, 7) is 0.267. The van der Waals surface area contributed by atoms with Crippen molar-refractivity contribution in [3.8, 4) is 10.7 Å². The van der Waals surface area contributed by atoms with Crippen LogP contribution < -0.4 is 5.48 Å². The number of para-hydroxylation sites is 1. The molecule has 0 aliphatic rings. The molecule has 0 bridgehead atoms. The monoisotopic (exact) mass is 362 g/mol. The Morgan fingerprint density at radius 1 is 1.00 bits per heavy atom. The van der Waals surface area contributed by atoms with Gasteiger partial charge in [0.25, 0.3) is 5.91 Å². The number of rotatable bonds is 5. The van der Waals surface area contributed by atoms with Crippen LogP contribution in [0.1, 0.15) is 16.1 Å². The number of benzene rings is 2. The van der Waals surface area contributed by atoms with Gasteiger partial charge in [-0.1, -0.05) is 42.5 Å². The van der Waals surface area contributed by atoms with Crippen LogP contribution >= 0.6 is 11.3 Å². The molecule has 0 saturated carbocycles. The number of carbonyl (C=O) groups excluding carboxylic acids is 1. The van der Waals surface area contributed by atoms with E-state index in [1.807, 2.05) is 54.6 Å². The second kappa shape index (κ2) is 7.38. The van der Waals surface area contributed by atoms with Gasteiger partial charge in [0, 0.05) is 12.4 Å². The van der Waals surface area contributed by atoms with Gasteiger partial charge in [0.2, 0.25) is 0 Å². The number of thiazole rings is 1. The lowest BCUT2D eigenvalue weighted by atomic mass is 10.2. The Hall–Kier alpha value is -3.16. The molecule has 0 spiro atoms. The van der Waals surface area contributed by atoms with E-state index < -0.39 is 5.91 Å². The second-order valence-electron chi connectivity index (χ2n) is 5.45. The summed E-state index contributed by atoms with van der Waals surface area (Å²) in [7, 11) is 0. The molecule has 4 rings (SSSR count). The zero-order valence-corrected chi connectivity index (χ0v) is 14.4. The van der Waals surface area contributed by atoms with Crippen molar-refractivity contribution in [2.75, 3.05) is 0 Å². The highest BCUT2D eigenvalue weighted by atomic mass is 32.1. The summed E-state index contributed by atoms with van der Waals surface area (Å²) in [6.07, 6.45) is 3.02. The van der Waals surface area contributed by atoms with Gasteiger partial charge in [-0.2, -0.15) is 0 Å². The van der Waals surface area contributed by atoms with Crippen LogP contribution in [0, 0.1) is 0 Å². The van der Waals surface area contributed by atoms with Crippen LogP contribution in [0.5, 0.6) is 0 Å². The molecule has 4 aromatic rings. The first-order chi connectivity index (χ1) is 12.8. The van der Waals surface area contributed by atoms with Crippen LogP contribution in [0.4, 0.5) is 0 Å². The van der Waals surface area contributed by atoms with Crippen molar-refractivity contribution in [1.82, 2.24) is 20.4 Å². The van der Waals surface area contributed by atoms with Gasteiger partial charge >= 0.3 is 0 Å².